The monoisotopic (exact) mass is 472 g/mol. The van der Waals surface area contributed by atoms with Crippen molar-refractivity contribution >= 4 is 27.6 Å². The van der Waals surface area contributed by atoms with Crippen molar-refractivity contribution in [3.8, 4) is 0 Å². The van der Waals surface area contributed by atoms with Crippen LogP contribution in [0.15, 0.2) is 45.5 Å². The van der Waals surface area contributed by atoms with Crippen LogP contribution in [0.2, 0.25) is 0 Å². The van der Waals surface area contributed by atoms with E-state index in [4.69, 9.17) is 11.6 Å². The standard InChI is InChI=1S/C22H30ClFN2O4S/c1-21-11-7-5-9-18(21)26(3)31(28,29)16-13-17(23)22(2,24)14-15(16)20(21)25-12-8-6-10-19(27)30-4/h5,7,9,13,20,25H,6,8,10-12,14H2,1-4H3. The molecule has 9 heteroatoms. The summed E-state index contributed by atoms with van der Waals surface area (Å²) in [6.45, 7) is 3.94. The van der Waals surface area contributed by atoms with E-state index in [2.05, 4.69) is 10.1 Å². The lowest BCUT2D eigenvalue weighted by molar-refractivity contribution is -0.140. The van der Waals surface area contributed by atoms with Crippen LogP contribution in [-0.2, 0) is 19.6 Å². The first-order valence-corrected chi connectivity index (χ1v) is 12.2. The van der Waals surface area contributed by atoms with Gasteiger partial charge in [-0.05, 0) is 50.5 Å². The van der Waals surface area contributed by atoms with Crippen molar-refractivity contribution < 1.29 is 22.3 Å². The number of carbonyl (C=O) groups is 1. The molecule has 31 heavy (non-hydrogen) atoms. The molecule has 3 rings (SSSR count). The summed E-state index contributed by atoms with van der Waals surface area (Å²) in [6.07, 6.45) is 9.10. The first-order chi connectivity index (χ1) is 14.4. The van der Waals surface area contributed by atoms with Gasteiger partial charge in [0, 0.05) is 37.0 Å². The van der Waals surface area contributed by atoms with E-state index in [0.717, 1.165) is 0 Å². The Morgan fingerprint density at radius 2 is 2.10 bits per heavy atom. The normalized spacial score (nSPS) is 31.9. The Kier molecular flexibility index (Phi) is 6.75. The topological polar surface area (TPSA) is 75.7 Å². The van der Waals surface area contributed by atoms with Gasteiger partial charge in [-0.1, -0.05) is 30.7 Å². The number of hydrogen-bond acceptors (Lipinski definition) is 5. The highest BCUT2D eigenvalue weighted by Crippen LogP contribution is 2.51. The molecule has 0 fully saturated rings. The van der Waals surface area contributed by atoms with Crippen LogP contribution >= 0.6 is 11.6 Å². The van der Waals surface area contributed by atoms with Crippen molar-refractivity contribution in [1.82, 2.24) is 9.62 Å². The molecule has 0 saturated carbocycles. The second-order valence-electron chi connectivity index (χ2n) is 8.75. The number of fused-ring (bicyclic) bond motifs is 1. The summed E-state index contributed by atoms with van der Waals surface area (Å²) >= 11 is 6.16. The highest BCUT2D eigenvalue weighted by atomic mass is 35.5. The summed E-state index contributed by atoms with van der Waals surface area (Å²) in [5.41, 5.74) is -1.27. The van der Waals surface area contributed by atoms with Crippen LogP contribution < -0.4 is 5.32 Å². The molecule has 3 atom stereocenters. The number of esters is 1. The number of unbranched alkanes of at least 4 members (excludes halogenated alkanes) is 1. The molecular formula is C22H30ClFN2O4S. The minimum absolute atomic E-state index is 0.0683. The highest BCUT2D eigenvalue weighted by Gasteiger charge is 2.51. The lowest BCUT2D eigenvalue weighted by Crippen LogP contribution is -2.49. The van der Waals surface area contributed by atoms with Gasteiger partial charge in [0.05, 0.1) is 17.0 Å². The van der Waals surface area contributed by atoms with E-state index in [1.54, 1.807) is 0 Å². The Labute approximate surface area is 188 Å². The predicted molar refractivity (Wildman–Crippen MR) is 119 cm³/mol. The molecule has 0 aromatic rings. The van der Waals surface area contributed by atoms with Gasteiger partial charge in [-0.15, -0.1) is 0 Å². The molecule has 3 unspecified atom stereocenters. The van der Waals surface area contributed by atoms with Crippen molar-refractivity contribution in [1.29, 1.82) is 0 Å². The van der Waals surface area contributed by atoms with Crippen molar-refractivity contribution in [3.63, 3.8) is 0 Å². The molecule has 3 aliphatic rings. The number of alkyl halides is 1. The molecule has 6 nitrogen and oxygen atoms in total. The van der Waals surface area contributed by atoms with Crippen LogP contribution in [0.3, 0.4) is 0 Å². The zero-order valence-corrected chi connectivity index (χ0v) is 19.9. The number of nitrogens with one attached hydrogen (secondary N) is 1. The molecule has 1 aliphatic heterocycles. The van der Waals surface area contributed by atoms with Crippen LogP contribution in [0.1, 0.15) is 46.0 Å². The molecule has 0 saturated heterocycles. The van der Waals surface area contributed by atoms with E-state index >= 15 is 4.39 Å². The van der Waals surface area contributed by atoms with E-state index in [9.17, 15) is 13.2 Å². The quantitative estimate of drug-likeness (QED) is 0.468. The van der Waals surface area contributed by atoms with E-state index in [1.165, 1.54) is 31.5 Å². The van der Waals surface area contributed by atoms with Gasteiger partial charge >= 0.3 is 5.97 Å². The fourth-order valence-corrected chi connectivity index (χ4v) is 6.47. The van der Waals surface area contributed by atoms with Gasteiger partial charge in [0.1, 0.15) is 5.67 Å². The average molecular weight is 473 g/mol. The first kappa shape index (κ1) is 24.0. The number of methoxy groups -OCH3 is 1. The Morgan fingerprint density at radius 1 is 1.39 bits per heavy atom. The van der Waals surface area contributed by atoms with Crippen LogP contribution in [0, 0.1) is 5.41 Å². The summed E-state index contributed by atoms with van der Waals surface area (Å²) in [7, 11) is -0.997. The second-order valence-corrected chi connectivity index (χ2v) is 11.1. The molecule has 0 aromatic carbocycles. The maximum atomic E-state index is 15.3. The van der Waals surface area contributed by atoms with Crippen LogP contribution in [0.25, 0.3) is 0 Å². The third-order valence-electron chi connectivity index (χ3n) is 6.46. The smallest absolute Gasteiger partial charge is 0.305 e. The third-order valence-corrected chi connectivity index (χ3v) is 8.82. The van der Waals surface area contributed by atoms with Crippen molar-refractivity contribution in [2.75, 3.05) is 20.7 Å². The fraction of sp³-hybridized carbons (Fsp3) is 0.591. The second kappa shape index (κ2) is 8.71. The Morgan fingerprint density at radius 3 is 2.77 bits per heavy atom. The molecule has 172 valence electrons. The fourth-order valence-electron chi connectivity index (χ4n) is 4.62. The number of sulfonamides is 1. The molecule has 0 aromatic heterocycles. The van der Waals surface area contributed by atoms with Gasteiger partial charge < -0.3 is 10.1 Å². The number of nitrogens with zero attached hydrogens (tertiary/aromatic N) is 1. The van der Waals surface area contributed by atoms with E-state index < -0.39 is 27.1 Å². The SMILES string of the molecule is COC(=O)CCCCNC1C2=C(C=C(Cl)C(C)(F)C2)S(=O)(=O)N(C)C2=CC=CCC21C. The third kappa shape index (κ3) is 4.34. The van der Waals surface area contributed by atoms with Gasteiger partial charge in [-0.3, -0.25) is 9.10 Å². The summed E-state index contributed by atoms with van der Waals surface area (Å²) in [5.74, 6) is -0.262. The van der Waals surface area contributed by atoms with Crippen molar-refractivity contribution in [2.24, 2.45) is 5.41 Å². The number of rotatable bonds is 6. The number of halogens is 2. The number of hydrogen-bond donors (Lipinski definition) is 1. The van der Waals surface area contributed by atoms with Gasteiger partial charge in [-0.25, -0.2) is 12.8 Å². The van der Waals surface area contributed by atoms with Crippen LogP contribution in [0.4, 0.5) is 4.39 Å². The molecule has 2 aliphatic carbocycles. The number of carbonyl (C=O) groups excluding carboxylic acids is 1. The zero-order chi connectivity index (χ0) is 23.0. The number of allylic oxidation sites excluding steroid dienone is 5. The molecule has 1 N–H and O–H groups in total. The first-order valence-electron chi connectivity index (χ1n) is 10.4. The van der Waals surface area contributed by atoms with E-state index in [1.807, 2.05) is 25.2 Å². The summed E-state index contributed by atoms with van der Waals surface area (Å²) < 4.78 is 48.1. The predicted octanol–water partition coefficient (Wildman–Crippen LogP) is 3.92. The summed E-state index contributed by atoms with van der Waals surface area (Å²) in [4.78, 5) is 11.4. The molecular weight excluding hydrogens is 443 g/mol. The molecule has 0 radical (unpaired) electrons. The van der Waals surface area contributed by atoms with Gasteiger partial charge in [-0.2, -0.15) is 0 Å². The molecule has 0 amide bonds. The lowest BCUT2D eigenvalue weighted by Gasteiger charge is -2.43. The molecule has 0 bridgehead atoms. The van der Waals surface area contributed by atoms with Crippen LogP contribution in [0.5, 0.6) is 0 Å². The Bertz CT molecular complexity index is 983. The molecule has 0 spiro atoms. The maximum Gasteiger partial charge on any atom is 0.305 e. The lowest BCUT2D eigenvalue weighted by atomic mass is 9.69. The van der Waals surface area contributed by atoms with Crippen LogP contribution in [-0.4, -0.2) is 51.1 Å². The minimum Gasteiger partial charge on any atom is -0.469 e. The summed E-state index contributed by atoms with van der Waals surface area (Å²) in [6, 6.07) is -0.410. The average Bonchev–Trinajstić information content (AvgIpc) is 2.75. The van der Waals surface area contributed by atoms with E-state index in [0.29, 0.717) is 43.5 Å². The Balaban J connectivity index is 2.02. The van der Waals surface area contributed by atoms with E-state index in [-0.39, 0.29) is 22.3 Å². The van der Waals surface area contributed by atoms with Gasteiger partial charge in [0.25, 0.3) is 10.0 Å². The van der Waals surface area contributed by atoms with Crippen molar-refractivity contribution in [2.45, 2.75) is 57.7 Å². The zero-order valence-electron chi connectivity index (χ0n) is 18.4. The highest BCUT2D eigenvalue weighted by molar-refractivity contribution is 7.93. The maximum absolute atomic E-state index is 15.3. The Hall–Kier alpha value is -1.64. The largest absolute Gasteiger partial charge is 0.469 e. The summed E-state index contributed by atoms with van der Waals surface area (Å²) in [5, 5.41) is 3.38. The number of ether oxygens (including phenoxy) is 1. The molecule has 1 heterocycles. The minimum atomic E-state index is -3.89. The van der Waals surface area contributed by atoms with Gasteiger partial charge in [0.15, 0.2) is 0 Å². The van der Waals surface area contributed by atoms with Gasteiger partial charge in [0.2, 0.25) is 0 Å². The van der Waals surface area contributed by atoms with Crippen molar-refractivity contribution in [3.05, 3.63) is 45.5 Å².